The van der Waals surface area contributed by atoms with E-state index in [1.165, 1.54) is 0 Å². The summed E-state index contributed by atoms with van der Waals surface area (Å²) < 4.78 is 12.0. The number of carbonyl (C=O) groups is 1. The number of thiazole rings is 1. The van der Waals surface area contributed by atoms with Crippen molar-refractivity contribution in [3.63, 3.8) is 0 Å². The van der Waals surface area contributed by atoms with E-state index in [-0.39, 0.29) is 17.7 Å². The molecule has 1 aromatic heterocycles. The molecule has 3 heterocycles. The van der Waals surface area contributed by atoms with Crippen molar-refractivity contribution >= 4 is 17.4 Å². The van der Waals surface area contributed by atoms with Crippen molar-refractivity contribution in [2.75, 3.05) is 33.8 Å². The molecule has 0 radical (unpaired) electrons. The van der Waals surface area contributed by atoms with Crippen molar-refractivity contribution in [3.05, 3.63) is 16.1 Å². The highest BCUT2D eigenvalue weighted by molar-refractivity contribution is 7.09. The van der Waals surface area contributed by atoms with Crippen molar-refractivity contribution < 1.29 is 14.3 Å². The van der Waals surface area contributed by atoms with Crippen LogP contribution in [0.15, 0.2) is 5.38 Å². The maximum Gasteiger partial charge on any atom is 0.319 e. The van der Waals surface area contributed by atoms with Gasteiger partial charge < -0.3 is 19.3 Å². The summed E-state index contributed by atoms with van der Waals surface area (Å²) >= 11 is 1.64. The fourth-order valence-electron chi connectivity index (χ4n) is 3.16. The van der Waals surface area contributed by atoms with E-state index >= 15 is 0 Å². The summed E-state index contributed by atoms with van der Waals surface area (Å²) in [6.45, 7) is 4.56. The molecule has 2 aliphatic heterocycles. The number of ether oxygens (including phenoxy) is 2. The van der Waals surface area contributed by atoms with E-state index in [2.05, 4.69) is 4.98 Å². The molecule has 0 bridgehead atoms. The molecule has 7 heteroatoms. The van der Waals surface area contributed by atoms with E-state index < -0.39 is 0 Å². The minimum absolute atomic E-state index is 0.0581. The largest absolute Gasteiger partial charge is 0.370 e. The minimum atomic E-state index is -0.214. The first-order valence-corrected chi connectivity index (χ1v) is 8.48. The molecule has 0 N–H and O–H groups in total. The zero-order valence-electron chi connectivity index (χ0n) is 13.4. The summed E-state index contributed by atoms with van der Waals surface area (Å²) in [4.78, 5) is 19.9. The number of aromatic nitrogens is 1. The average Bonchev–Trinajstić information content (AvgIpc) is 3.18. The molecular weight excluding hydrogens is 302 g/mol. The number of hydrogen-bond acceptors (Lipinski definition) is 5. The predicted octanol–water partition coefficient (Wildman–Crippen LogP) is 1.88. The number of aryl methyl sites for hydroxylation is 1. The van der Waals surface area contributed by atoms with E-state index in [0.717, 1.165) is 30.1 Å². The third-order valence-corrected chi connectivity index (χ3v) is 5.10. The van der Waals surface area contributed by atoms with Crippen molar-refractivity contribution in [3.8, 4) is 0 Å². The van der Waals surface area contributed by atoms with Crippen LogP contribution < -0.4 is 0 Å². The second-order valence-corrected chi connectivity index (χ2v) is 7.40. The zero-order chi connectivity index (χ0) is 15.7. The molecule has 2 aliphatic rings. The number of hydrogen-bond donors (Lipinski definition) is 0. The van der Waals surface area contributed by atoms with Crippen LogP contribution in [0.2, 0.25) is 0 Å². The van der Waals surface area contributed by atoms with Gasteiger partial charge in [0.05, 0.1) is 42.2 Å². The molecule has 1 spiro atoms. The normalized spacial score (nSPS) is 27.8. The topological polar surface area (TPSA) is 54.9 Å². The Balaban J connectivity index is 1.51. The maximum absolute atomic E-state index is 12.0. The maximum atomic E-state index is 12.0. The predicted molar refractivity (Wildman–Crippen MR) is 84.0 cm³/mol. The van der Waals surface area contributed by atoms with E-state index in [4.69, 9.17) is 9.47 Å². The van der Waals surface area contributed by atoms with Gasteiger partial charge >= 0.3 is 6.03 Å². The average molecular weight is 325 g/mol. The molecule has 0 unspecified atom stereocenters. The lowest BCUT2D eigenvalue weighted by Gasteiger charge is -2.25. The van der Waals surface area contributed by atoms with Gasteiger partial charge in [0, 0.05) is 32.4 Å². The number of carbonyl (C=O) groups excluding carboxylic acids is 1. The Morgan fingerprint density at radius 1 is 1.64 bits per heavy atom. The van der Waals surface area contributed by atoms with Gasteiger partial charge in [-0.15, -0.1) is 11.3 Å². The van der Waals surface area contributed by atoms with E-state index in [9.17, 15) is 4.79 Å². The molecule has 1 aromatic rings. The second kappa shape index (κ2) is 6.14. The molecular formula is C15H23N3O3S. The monoisotopic (exact) mass is 325 g/mol. The van der Waals surface area contributed by atoms with Crippen LogP contribution in [0.3, 0.4) is 0 Å². The summed E-state index contributed by atoms with van der Waals surface area (Å²) in [6.07, 6.45) is 1.84. The Morgan fingerprint density at radius 3 is 3.14 bits per heavy atom. The van der Waals surface area contributed by atoms with Crippen LogP contribution in [0.25, 0.3) is 0 Å². The van der Waals surface area contributed by atoms with Crippen molar-refractivity contribution in [1.29, 1.82) is 0 Å². The highest BCUT2D eigenvalue weighted by Gasteiger charge is 2.47. The molecule has 0 aliphatic carbocycles. The summed E-state index contributed by atoms with van der Waals surface area (Å²) in [7, 11) is 3.56. The number of urea groups is 1. The standard InChI is InChI=1S/C15H23N3O3S/c1-11-16-12(9-22-11)7-20-13-6-15(21-8-13)4-5-18(10-15)14(19)17(2)3/h9,13H,4-8,10H2,1-3H3/t13-,15-/m0/s1. The second-order valence-electron chi connectivity index (χ2n) is 6.34. The van der Waals surface area contributed by atoms with Gasteiger partial charge in [0.1, 0.15) is 0 Å². The van der Waals surface area contributed by atoms with Crippen LogP contribution in [-0.2, 0) is 16.1 Å². The first-order valence-electron chi connectivity index (χ1n) is 7.60. The molecule has 122 valence electrons. The summed E-state index contributed by atoms with van der Waals surface area (Å²) in [6, 6.07) is 0.0581. The molecule has 0 aromatic carbocycles. The third kappa shape index (κ3) is 3.26. The molecule has 22 heavy (non-hydrogen) atoms. The Kier molecular flexibility index (Phi) is 4.38. The van der Waals surface area contributed by atoms with Gasteiger partial charge in [0.2, 0.25) is 0 Å². The smallest absolute Gasteiger partial charge is 0.319 e. The lowest BCUT2D eigenvalue weighted by molar-refractivity contribution is 0.000720. The van der Waals surface area contributed by atoms with Crippen LogP contribution in [0.1, 0.15) is 23.5 Å². The summed E-state index contributed by atoms with van der Waals surface area (Å²) in [5.41, 5.74) is 0.771. The number of nitrogens with zero attached hydrogens (tertiary/aromatic N) is 3. The van der Waals surface area contributed by atoms with Gasteiger partial charge in [-0.3, -0.25) is 0 Å². The van der Waals surface area contributed by atoms with Crippen LogP contribution >= 0.6 is 11.3 Å². The van der Waals surface area contributed by atoms with Crippen molar-refractivity contribution in [2.45, 2.75) is 38.1 Å². The Morgan fingerprint density at radius 2 is 2.45 bits per heavy atom. The van der Waals surface area contributed by atoms with Gasteiger partial charge in [-0.1, -0.05) is 0 Å². The molecule has 6 nitrogen and oxygen atoms in total. The van der Waals surface area contributed by atoms with Crippen LogP contribution in [-0.4, -0.2) is 66.3 Å². The van der Waals surface area contributed by atoms with Crippen LogP contribution in [0.4, 0.5) is 4.79 Å². The minimum Gasteiger partial charge on any atom is -0.370 e. The van der Waals surface area contributed by atoms with Crippen LogP contribution in [0, 0.1) is 6.92 Å². The zero-order valence-corrected chi connectivity index (χ0v) is 14.2. The summed E-state index contributed by atoms with van der Waals surface area (Å²) in [5.74, 6) is 0. The van der Waals surface area contributed by atoms with Gasteiger partial charge in [-0.05, 0) is 13.3 Å². The lowest BCUT2D eigenvalue weighted by Crippen LogP contribution is -2.41. The van der Waals surface area contributed by atoms with Gasteiger partial charge in [-0.25, -0.2) is 9.78 Å². The molecule has 0 saturated carbocycles. The quantitative estimate of drug-likeness (QED) is 0.851. The van der Waals surface area contributed by atoms with Gasteiger partial charge in [0.25, 0.3) is 0 Å². The van der Waals surface area contributed by atoms with Crippen LogP contribution in [0.5, 0.6) is 0 Å². The molecule has 2 fully saturated rings. The molecule has 2 atom stereocenters. The molecule has 3 rings (SSSR count). The van der Waals surface area contributed by atoms with Crippen molar-refractivity contribution in [2.24, 2.45) is 0 Å². The molecule has 2 amide bonds. The third-order valence-electron chi connectivity index (χ3n) is 4.28. The van der Waals surface area contributed by atoms with Gasteiger partial charge in [0.15, 0.2) is 0 Å². The number of rotatable bonds is 3. The van der Waals surface area contributed by atoms with E-state index in [1.807, 2.05) is 17.2 Å². The SMILES string of the molecule is Cc1nc(CO[C@@H]2CO[C@@]3(CCN(C(=O)N(C)C)C3)C2)cs1. The highest BCUT2D eigenvalue weighted by atomic mass is 32.1. The first kappa shape index (κ1) is 15.7. The number of likely N-dealkylation sites (tertiary alicyclic amines) is 1. The Labute approximate surface area is 135 Å². The lowest BCUT2D eigenvalue weighted by atomic mass is 9.98. The van der Waals surface area contributed by atoms with E-state index in [0.29, 0.717) is 19.8 Å². The Hall–Kier alpha value is -1.18. The van der Waals surface area contributed by atoms with E-state index in [1.54, 1.807) is 30.3 Å². The highest BCUT2D eigenvalue weighted by Crippen LogP contribution is 2.36. The molecule has 2 saturated heterocycles. The fourth-order valence-corrected chi connectivity index (χ4v) is 3.76. The van der Waals surface area contributed by atoms with Crippen molar-refractivity contribution in [1.82, 2.24) is 14.8 Å². The summed E-state index contributed by atoms with van der Waals surface area (Å²) in [5, 5.41) is 3.10. The fraction of sp³-hybridized carbons (Fsp3) is 0.733. The first-order chi connectivity index (χ1) is 10.5. The van der Waals surface area contributed by atoms with Gasteiger partial charge in [-0.2, -0.15) is 0 Å². The number of amides is 2. The Bertz CT molecular complexity index is 548.